The highest BCUT2D eigenvalue weighted by Crippen LogP contribution is 2.24. The zero-order valence-corrected chi connectivity index (χ0v) is 11.6. The van der Waals surface area contributed by atoms with Gasteiger partial charge in [-0.05, 0) is 25.7 Å². The number of alkyl carbamates (subject to hydrolysis) is 1. The molecule has 0 heterocycles. The van der Waals surface area contributed by atoms with Gasteiger partial charge in [0, 0.05) is 5.54 Å². The van der Waals surface area contributed by atoms with Crippen LogP contribution in [0.5, 0.6) is 0 Å². The third kappa shape index (κ3) is 3.99. The van der Waals surface area contributed by atoms with Crippen molar-refractivity contribution < 1.29 is 14.6 Å². The zero-order chi connectivity index (χ0) is 13.8. The standard InChI is InChI=1S/C13H24N2O3/c1-9(2)10(14-12(17)18-4)11(16)15-13(3)7-5-6-8-13/h5-6,9-11,15-16H,7-8H2,1-4H3,(H,14,17)/t10-,11?/m1/s1. The van der Waals surface area contributed by atoms with Crippen LogP contribution in [-0.2, 0) is 4.74 Å². The average molecular weight is 256 g/mol. The highest BCUT2D eigenvalue weighted by Gasteiger charge is 2.32. The van der Waals surface area contributed by atoms with E-state index in [4.69, 9.17) is 0 Å². The SMILES string of the molecule is COC(=O)N[C@H](C(C)C)C(O)NC1(C)CC=CC1. The predicted octanol–water partition coefficient (Wildman–Crippen LogP) is 1.38. The van der Waals surface area contributed by atoms with Crippen molar-refractivity contribution in [3.8, 4) is 0 Å². The Bertz CT molecular complexity index is 307. The molecule has 104 valence electrons. The number of aliphatic hydroxyl groups is 1. The van der Waals surface area contributed by atoms with E-state index in [-0.39, 0.29) is 17.5 Å². The smallest absolute Gasteiger partial charge is 0.407 e. The van der Waals surface area contributed by atoms with E-state index in [0.29, 0.717) is 0 Å². The summed E-state index contributed by atoms with van der Waals surface area (Å²) in [5, 5.41) is 16.1. The molecule has 0 saturated heterocycles. The second-order valence-electron chi connectivity index (χ2n) is 5.44. The highest BCUT2D eigenvalue weighted by molar-refractivity contribution is 5.67. The molecule has 5 nitrogen and oxygen atoms in total. The molecular weight excluding hydrogens is 232 g/mol. The number of methoxy groups -OCH3 is 1. The number of hydrogen-bond acceptors (Lipinski definition) is 4. The summed E-state index contributed by atoms with van der Waals surface area (Å²) in [4.78, 5) is 11.3. The summed E-state index contributed by atoms with van der Waals surface area (Å²) in [6.45, 7) is 5.95. The van der Waals surface area contributed by atoms with Gasteiger partial charge in [-0.1, -0.05) is 26.0 Å². The zero-order valence-electron chi connectivity index (χ0n) is 11.6. The van der Waals surface area contributed by atoms with Crippen LogP contribution in [0.4, 0.5) is 4.79 Å². The summed E-state index contributed by atoms with van der Waals surface area (Å²) >= 11 is 0. The minimum atomic E-state index is -0.797. The Morgan fingerprint density at radius 1 is 1.39 bits per heavy atom. The maximum Gasteiger partial charge on any atom is 0.407 e. The van der Waals surface area contributed by atoms with Gasteiger partial charge in [0.25, 0.3) is 0 Å². The topological polar surface area (TPSA) is 70.6 Å². The van der Waals surface area contributed by atoms with E-state index in [2.05, 4.69) is 34.4 Å². The fourth-order valence-corrected chi connectivity index (χ4v) is 2.14. The minimum Gasteiger partial charge on any atom is -0.453 e. The van der Waals surface area contributed by atoms with Crippen molar-refractivity contribution in [1.82, 2.24) is 10.6 Å². The van der Waals surface area contributed by atoms with Crippen LogP contribution in [-0.4, -0.2) is 36.1 Å². The first-order chi connectivity index (χ1) is 8.38. The van der Waals surface area contributed by atoms with Gasteiger partial charge in [-0.15, -0.1) is 0 Å². The van der Waals surface area contributed by atoms with E-state index in [9.17, 15) is 9.90 Å². The molecule has 2 atom stereocenters. The molecule has 0 aromatic rings. The maximum atomic E-state index is 11.3. The van der Waals surface area contributed by atoms with Crippen molar-refractivity contribution in [3.63, 3.8) is 0 Å². The number of ether oxygens (including phenoxy) is 1. The molecule has 3 N–H and O–H groups in total. The molecule has 1 amide bonds. The van der Waals surface area contributed by atoms with Crippen LogP contribution in [0, 0.1) is 5.92 Å². The lowest BCUT2D eigenvalue weighted by atomic mass is 9.96. The first kappa shape index (κ1) is 15.0. The van der Waals surface area contributed by atoms with E-state index in [1.165, 1.54) is 7.11 Å². The largest absolute Gasteiger partial charge is 0.453 e. The lowest BCUT2D eigenvalue weighted by Gasteiger charge is -2.34. The van der Waals surface area contributed by atoms with Crippen molar-refractivity contribution in [2.75, 3.05) is 7.11 Å². The van der Waals surface area contributed by atoms with Gasteiger partial charge in [-0.3, -0.25) is 5.32 Å². The maximum absolute atomic E-state index is 11.3. The molecule has 0 saturated carbocycles. The highest BCUT2D eigenvalue weighted by atomic mass is 16.5. The van der Waals surface area contributed by atoms with Crippen molar-refractivity contribution in [2.24, 2.45) is 5.92 Å². The van der Waals surface area contributed by atoms with Gasteiger partial charge in [0.05, 0.1) is 13.2 Å². The predicted molar refractivity (Wildman–Crippen MR) is 70.1 cm³/mol. The van der Waals surface area contributed by atoms with Gasteiger partial charge < -0.3 is 15.2 Å². The summed E-state index contributed by atoms with van der Waals surface area (Å²) in [5.41, 5.74) is -0.135. The Kier molecular flexibility index (Phi) is 5.16. The Labute approximate surface area is 109 Å². The first-order valence-corrected chi connectivity index (χ1v) is 6.33. The van der Waals surface area contributed by atoms with Gasteiger partial charge >= 0.3 is 6.09 Å². The summed E-state index contributed by atoms with van der Waals surface area (Å²) in [5.74, 6) is 0.101. The number of amides is 1. The molecule has 1 unspecified atom stereocenters. The van der Waals surface area contributed by atoms with Crippen molar-refractivity contribution in [2.45, 2.75) is 51.4 Å². The number of aliphatic hydroxyl groups excluding tert-OH is 1. The van der Waals surface area contributed by atoms with Crippen molar-refractivity contribution in [1.29, 1.82) is 0 Å². The molecule has 0 aromatic heterocycles. The Hall–Kier alpha value is -1.07. The van der Waals surface area contributed by atoms with Crippen LogP contribution >= 0.6 is 0 Å². The molecule has 5 heteroatoms. The number of rotatable bonds is 5. The van der Waals surface area contributed by atoms with Gasteiger partial charge in [0.2, 0.25) is 0 Å². The average Bonchev–Trinajstić information content (AvgIpc) is 2.71. The van der Waals surface area contributed by atoms with Crippen LogP contribution in [0.1, 0.15) is 33.6 Å². The molecule has 1 aliphatic carbocycles. The van der Waals surface area contributed by atoms with Crippen LogP contribution in [0.2, 0.25) is 0 Å². The van der Waals surface area contributed by atoms with Crippen LogP contribution in [0.3, 0.4) is 0 Å². The molecule has 0 radical (unpaired) electrons. The molecule has 18 heavy (non-hydrogen) atoms. The van der Waals surface area contributed by atoms with Gasteiger partial charge in [-0.25, -0.2) is 4.79 Å². The summed E-state index contributed by atoms with van der Waals surface area (Å²) in [7, 11) is 1.31. The summed E-state index contributed by atoms with van der Waals surface area (Å²) < 4.78 is 4.57. The Morgan fingerprint density at radius 2 is 1.94 bits per heavy atom. The first-order valence-electron chi connectivity index (χ1n) is 6.33. The second kappa shape index (κ2) is 6.20. The Balaban J connectivity index is 2.59. The lowest BCUT2D eigenvalue weighted by Crippen LogP contribution is -2.58. The van der Waals surface area contributed by atoms with E-state index in [1.807, 2.05) is 13.8 Å². The summed E-state index contributed by atoms with van der Waals surface area (Å²) in [6.07, 6.45) is 4.63. The monoisotopic (exact) mass is 256 g/mol. The van der Waals surface area contributed by atoms with Gasteiger partial charge in [-0.2, -0.15) is 0 Å². The lowest BCUT2D eigenvalue weighted by molar-refractivity contribution is 0.0446. The van der Waals surface area contributed by atoms with Gasteiger partial charge in [0.1, 0.15) is 6.23 Å². The molecule has 1 rings (SSSR count). The van der Waals surface area contributed by atoms with Crippen molar-refractivity contribution >= 4 is 6.09 Å². The minimum absolute atomic E-state index is 0.101. The third-order valence-corrected chi connectivity index (χ3v) is 3.33. The number of carbonyl (C=O) groups excluding carboxylic acids is 1. The van der Waals surface area contributed by atoms with E-state index < -0.39 is 12.3 Å². The molecule has 1 aliphatic rings. The van der Waals surface area contributed by atoms with E-state index >= 15 is 0 Å². The molecule has 0 bridgehead atoms. The van der Waals surface area contributed by atoms with Crippen LogP contribution in [0.25, 0.3) is 0 Å². The molecule has 0 fully saturated rings. The van der Waals surface area contributed by atoms with Crippen LogP contribution in [0.15, 0.2) is 12.2 Å². The van der Waals surface area contributed by atoms with E-state index in [0.717, 1.165) is 12.8 Å². The number of carbonyl (C=O) groups is 1. The summed E-state index contributed by atoms with van der Waals surface area (Å²) in [6, 6.07) is -0.380. The van der Waals surface area contributed by atoms with Gasteiger partial charge in [0.15, 0.2) is 0 Å². The molecule has 0 aliphatic heterocycles. The number of hydrogen-bond donors (Lipinski definition) is 3. The molecular formula is C13H24N2O3. The Morgan fingerprint density at radius 3 is 2.39 bits per heavy atom. The normalized spacial score (nSPS) is 20.8. The fourth-order valence-electron chi connectivity index (χ4n) is 2.14. The third-order valence-electron chi connectivity index (χ3n) is 3.33. The van der Waals surface area contributed by atoms with E-state index in [1.54, 1.807) is 0 Å². The molecule has 0 spiro atoms. The molecule has 0 aromatic carbocycles. The number of nitrogens with one attached hydrogen (secondary N) is 2. The van der Waals surface area contributed by atoms with Crippen molar-refractivity contribution in [3.05, 3.63) is 12.2 Å². The quantitative estimate of drug-likeness (QED) is 0.513. The fraction of sp³-hybridized carbons (Fsp3) is 0.769. The van der Waals surface area contributed by atoms with Crippen LogP contribution < -0.4 is 10.6 Å². The second-order valence-corrected chi connectivity index (χ2v) is 5.44.